The molecule has 0 fully saturated rings. The van der Waals surface area contributed by atoms with Crippen LogP contribution in [0.4, 0.5) is 4.79 Å². The van der Waals surface area contributed by atoms with Gasteiger partial charge in [0, 0.05) is 14.1 Å². The van der Waals surface area contributed by atoms with E-state index < -0.39 is 11.7 Å². The molecule has 0 bridgehead atoms. The molecule has 3 aromatic rings. The molecule has 6 heteroatoms. The normalized spacial score (nSPS) is 14.2. The van der Waals surface area contributed by atoms with E-state index in [4.69, 9.17) is 13.9 Å². The fourth-order valence-electron chi connectivity index (χ4n) is 3.17. The number of amides is 1. The summed E-state index contributed by atoms with van der Waals surface area (Å²) in [5, 5.41) is 0.463. The average Bonchev–Trinajstić information content (AvgIpc) is 2.67. The molecule has 2 aromatic carbocycles. The molecule has 6 nitrogen and oxygen atoms in total. The van der Waals surface area contributed by atoms with E-state index in [0.717, 1.165) is 5.56 Å². The summed E-state index contributed by atoms with van der Waals surface area (Å²) in [6.07, 6.45) is 4.80. The Morgan fingerprint density at radius 2 is 1.93 bits per heavy atom. The summed E-state index contributed by atoms with van der Waals surface area (Å²) in [4.78, 5) is 26.3. The summed E-state index contributed by atoms with van der Waals surface area (Å²) in [6, 6.07) is 10.3. The highest BCUT2D eigenvalue weighted by atomic mass is 16.6. The van der Waals surface area contributed by atoms with Crippen LogP contribution in [-0.4, -0.2) is 30.7 Å². The summed E-state index contributed by atoms with van der Waals surface area (Å²) in [5.41, 5.74) is 1.66. The first kappa shape index (κ1) is 18.8. The van der Waals surface area contributed by atoms with Crippen LogP contribution in [0.1, 0.15) is 19.4 Å². The lowest BCUT2D eigenvalue weighted by atomic mass is 9.99. The van der Waals surface area contributed by atoms with Gasteiger partial charge in [-0.1, -0.05) is 12.1 Å². The molecule has 148 valence electrons. The van der Waals surface area contributed by atoms with Crippen molar-refractivity contribution >= 4 is 23.1 Å². The molecule has 1 aromatic heterocycles. The standard InChI is InChI=1S/C23H21NO5/c1-23(2)11-10-16-19(29-23)9-8-17-20(25)18(13-27-21(16)17)14-6-5-7-15(12-14)28-22(26)24(3)4/h5-13H,1-4H3. The van der Waals surface area contributed by atoms with Crippen LogP contribution in [0.15, 0.2) is 57.9 Å². The lowest BCUT2D eigenvalue weighted by Gasteiger charge is -2.27. The van der Waals surface area contributed by atoms with Crippen molar-refractivity contribution in [3.63, 3.8) is 0 Å². The number of fused-ring (bicyclic) bond motifs is 3. The molecule has 0 atom stereocenters. The molecule has 1 aliphatic heterocycles. The number of hydrogen-bond donors (Lipinski definition) is 0. The van der Waals surface area contributed by atoms with Gasteiger partial charge >= 0.3 is 6.09 Å². The smallest absolute Gasteiger partial charge is 0.414 e. The number of carbonyl (C=O) groups is 1. The molecule has 0 spiro atoms. The number of carbonyl (C=O) groups excluding carboxylic acids is 1. The second-order valence-corrected chi connectivity index (χ2v) is 7.66. The monoisotopic (exact) mass is 391 g/mol. The molecule has 1 aliphatic rings. The van der Waals surface area contributed by atoms with Crippen LogP contribution in [0.3, 0.4) is 0 Å². The van der Waals surface area contributed by atoms with Crippen LogP contribution < -0.4 is 14.9 Å². The third-order valence-electron chi connectivity index (χ3n) is 4.68. The Labute approximate surface area is 168 Å². The Morgan fingerprint density at radius 3 is 2.69 bits per heavy atom. The molecule has 29 heavy (non-hydrogen) atoms. The Balaban J connectivity index is 1.78. The molecule has 4 rings (SSSR count). The highest BCUT2D eigenvalue weighted by molar-refractivity contribution is 5.91. The van der Waals surface area contributed by atoms with Crippen molar-refractivity contribution < 1.29 is 18.7 Å². The van der Waals surface area contributed by atoms with Crippen LogP contribution in [0, 0.1) is 0 Å². The second kappa shape index (κ2) is 6.81. The van der Waals surface area contributed by atoms with Gasteiger partial charge in [0.2, 0.25) is 5.43 Å². The van der Waals surface area contributed by atoms with Gasteiger partial charge in [0.05, 0.1) is 16.5 Å². The van der Waals surface area contributed by atoms with Gasteiger partial charge < -0.3 is 18.8 Å². The van der Waals surface area contributed by atoms with Gasteiger partial charge in [0.15, 0.2) is 0 Å². The third kappa shape index (κ3) is 3.49. The first-order chi connectivity index (χ1) is 13.7. The Bertz CT molecular complexity index is 1200. The summed E-state index contributed by atoms with van der Waals surface area (Å²) < 4.78 is 17.1. The van der Waals surface area contributed by atoms with Crippen molar-refractivity contribution in [2.45, 2.75) is 19.4 Å². The third-order valence-corrected chi connectivity index (χ3v) is 4.68. The van der Waals surface area contributed by atoms with Gasteiger partial charge in [-0.05, 0) is 55.8 Å². The van der Waals surface area contributed by atoms with E-state index in [1.54, 1.807) is 50.5 Å². The average molecular weight is 391 g/mol. The van der Waals surface area contributed by atoms with Gasteiger partial charge in [0.1, 0.15) is 28.9 Å². The lowest BCUT2D eigenvalue weighted by Crippen LogP contribution is -2.27. The van der Waals surface area contributed by atoms with E-state index in [2.05, 4.69) is 0 Å². The number of benzene rings is 2. The summed E-state index contributed by atoms with van der Waals surface area (Å²) in [7, 11) is 3.20. The zero-order valence-corrected chi connectivity index (χ0v) is 16.7. The lowest BCUT2D eigenvalue weighted by molar-refractivity contribution is 0.159. The zero-order chi connectivity index (χ0) is 20.8. The predicted octanol–water partition coefficient (Wildman–Crippen LogP) is 4.70. The minimum Gasteiger partial charge on any atom is -0.483 e. The molecular formula is C23H21NO5. The SMILES string of the molecule is CN(C)C(=O)Oc1cccc(-c2coc3c4c(ccc3c2=O)OC(C)(C)C=C4)c1. The number of nitrogens with zero attached hydrogens (tertiary/aromatic N) is 1. The van der Waals surface area contributed by atoms with Crippen LogP contribution in [0.25, 0.3) is 28.2 Å². The van der Waals surface area contributed by atoms with Crippen molar-refractivity contribution in [1.29, 1.82) is 0 Å². The number of ether oxygens (including phenoxy) is 2. The maximum Gasteiger partial charge on any atom is 0.414 e. The van der Waals surface area contributed by atoms with Crippen LogP contribution in [0.5, 0.6) is 11.5 Å². The Kier molecular flexibility index (Phi) is 4.42. The van der Waals surface area contributed by atoms with Crippen LogP contribution in [-0.2, 0) is 0 Å². The van der Waals surface area contributed by atoms with Crippen molar-refractivity contribution in [2.75, 3.05) is 14.1 Å². The quantitative estimate of drug-likeness (QED) is 0.633. The van der Waals surface area contributed by atoms with E-state index in [9.17, 15) is 9.59 Å². The molecule has 0 saturated heterocycles. The molecule has 0 aliphatic carbocycles. The van der Waals surface area contributed by atoms with E-state index >= 15 is 0 Å². The highest BCUT2D eigenvalue weighted by Gasteiger charge is 2.24. The molecular weight excluding hydrogens is 370 g/mol. The molecule has 1 amide bonds. The van der Waals surface area contributed by atoms with Crippen LogP contribution >= 0.6 is 0 Å². The largest absolute Gasteiger partial charge is 0.483 e. The zero-order valence-electron chi connectivity index (χ0n) is 16.7. The first-order valence-electron chi connectivity index (χ1n) is 9.21. The number of rotatable bonds is 2. The predicted molar refractivity (Wildman–Crippen MR) is 111 cm³/mol. The van der Waals surface area contributed by atoms with Crippen molar-refractivity contribution in [3.05, 3.63) is 64.5 Å². The van der Waals surface area contributed by atoms with E-state index in [0.29, 0.717) is 33.6 Å². The summed E-state index contributed by atoms with van der Waals surface area (Å²) in [5.74, 6) is 1.03. The van der Waals surface area contributed by atoms with Gasteiger partial charge in [0.25, 0.3) is 0 Å². The minimum atomic E-state index is -0.492. The maximum atomic E-state index is 13.1. The topological polar surface area (TPSA) is 69.0 Å². The summed E-state index contributed by atoms with van der Waals surface area (Å²) in [6.45, 7) is 3.93. The van der Waals surface area contributed by atoms with Crippen LogP contribution in [0.2, 0.25) is 0 Å². The van der Waals surface area contributed by atoms with E-state index in [-0.39, 0.29) is 5.43 Å². The fraction of sp³-hybridized carbons (Fsp3) is 0.217. The molecule has 0 saturated carbocycles. The number of hydrogen-bond acceptors (Lipinski definition) is 5. The molecule has 0 N–H and O–H groups in total. The van der Waals surface area contributed by atoms with Crippen molar-refractivity contribution in [3.8, 4) is 22.6 Å². The maximum absolute atomic E-state index is 13.1. The first-order valence-corrected chi connectivity index (χ1v) is 9.21. The molecule has 2 heterocycles. The summed E-state index contributed by atoms with van der Waals surface area (Å²) >= 11 is 0. The Hall–Kier alpha value is -3.54. The van der Waals surface area contributed by atoms with E-state index in [1.165, 1.54) is 11.2 Å². The molecule has 0 radical (unpaired) electrons. The van der Waals surface area contributed by atoms with Gasteiger partial charge in [-0.15, -0.1) is 0 Å². The van der Waals surface area contributed by atoms with Gasteiger partial charge in [-0.2, -0.15) is 0 Å². The van der Waals surface area contributed by atoms with Crippen molar-refractivity contribution in [2.24, 2.45) is 0 Å². The van der Waals surface area contributed by atoms with E-state index in [1.807, 2.05) is 26.0 Å². The van der Waals surface area contributed by atoms with Crippen molar-refractivity contribution in [1.82, 2.24) is 4.90 Å². The Morgan fingerprint density at radius 1 is 1.14 bits per heavy atom. The highest BCUT2D eigenvalue weighted by Crippen LogP contribution is 2.36. The minimum absolute atomic E-state index is 0.164. The molecule has 0 unspecified atom stereocenters. The van der Waals surface area contributed by atoms with Gasteiger partial charge in [-0.3, -0.25) is 4.79 Å². The second-order valence-electron chi connectivity index (χ2n) is 7.66. The fourth-order valence-corrected chi connectivity index (χ4v) is 3.17. The van der Waals surface area contributed by atoms with Gasteiger partial charge in [-0.25, -0.2) is 4.79 Å².